The van der Waals surface area contributed by atoms with Crippen molar-refractivity contribution in [3.8, 4) is 0 Å². The zero-order valence-corrected chi connectivity index (χ0v) is 21.9. The summed E-state index contributed by atoms with van der Waals surface area (Å²) in [5.74, 6) is -0.273. The van der Waals surface area contributed by atoms with Crippen molar-refractivity contribution in [1.82, 2.24) is 9.80 Å². The van der Waals surface area contributed by atoms with E-state index in [1.165, 1.54) is 24.3 Å². The second-order valence-electron chi connectivity index (χ2n) is 9.95. The van der Waals surface area contributed by atoms with Crippen molar-refractivity contribution < 1.29 is 13.6 Å². The molecule has 4 nitrogen and oxygen atoms in total. The molecule has 0 aliphatic carbocycles. The number of halogens is 4. The van der Waals surface area contributed by atoms with Crippen molar-refractivity contribution in [2.24, 2.45) is 5.92 Å². The lowest BCUT2D eigenvalue weighted by Gasteiger charge is -2.47. The summed E-state index contributed by atoms with van der Waals surface area (Å²) in [4.78, 5) is 17.4. The number of hydrogen-bond donors (Lipinski definition) is 1. The monoisotopic (exact) mass is 543 g/mol. The van der Waals surface area contributed by atoms with Crippen LogP contribution in [-0.4, -0.2) is 54.5 Å². The molecular weight excluding hydrogens is 515 g/mol. The van der Waals surface area contributed by atoms with Gasteiger partial charge < -0.3 is 5.32 Å². The third-order valence-corrected chi connectivity index (χ3v) is 8.18. The van der Waals surface area contributed by atoms with Gasteiger partial charge >= 0.3 is 0 Å². The van der Waals surface area contributed by atoms with Crippen molar-refractivity contribution in [2.75, 3.05) is 38.0 Å². The van der Waals surface area contributed by atoms with Crippen molar-refractivity contribution in [2.45, 2.75) is 24.8 Å². The van der Waals surface area contributed by atoms with E-state index in [1.54, 1.807) is 18.2 Å². The maximum absolute atomic E-state index is 13.7. The minimum Gasteiger partial charge on any atom is -0.322 e. The SMILES string of the molecule is O=C(CN1CCN2C[C@H](C(c3ccc(F)cc3)c3ccc(F)cc3)CC[C@H]2C1)Nc1c(Cl)cccc1Cl. The number of carbonyl (C=O) groups is 1. The molecule has 1 amide bonds. The molecule has 1 N–H and O–H groups in total. The normalized spacial score (nSPS) is 20.6. The zero-order valence-electron chi connectivity index (χ0n) is 20.3. The molecule has 2 saturated heterocycles. The molecule has 2 fully saturated rings. The molecule has 0 saturated carbocycles. The number of rotatable bonds is 6. The molecule has 3 aromatic carbocycles. The Balaban J connectivity index is 1.24. The quantitative estimate of drug-likeness (QED) is 0.388. The smallest absolute Gasteiger partial charge is 0.238 e. The highest BCUT2D eigenvalue weighted by Crippen LogP contribution is 2.39. The van der Waals surface area contributed by atoms with Gasteiger partial charge in [-0.05, 0) is 66.3 Å². The van der Waals surface area contributed by atoms with Crippen molar-refractivity contribution >= 4 is 34.8 Å². The summed E-state index contributed by atoms with van der Waals surface area (Å²) < 4.78 is 27.3. The average Bonchev–Trinajstić information content (AvgIpc) is 2.89. The summed E-state index contributed by atoms with van der Waals surface area (Å²) in [6.45, 7) is 3.64. The zero-order chi connectivity index (χ0) is 25.9. The Morgan fingerprint density at radius 3 is 2.05 bits per heavy atom. The fourth-order valence-electron chi connectivity index (χ4n) is 5.76. The van der Waals surface area contributed by atoms with Gasteiger partial charge in [0.15, 0.2) is 0 Å². The molecule has 0 radical (unpaired) electrons. The van der Waals surface area contributed by atoms with Gasteiger partial charge in [-0.15, -0.1) is 0 Å². The number of fused-ring (bicyclic) bond motifs is 1. The number of piperazine rings is 1. The summed E-state index contributed by atoms with van der Waals surface area (Å²) in [6.07, 6.45) is 1.99. The van der Waals surface area contributed by atoms with E-state index in [9.17, 15) is 13.6 Å². The Hall–Kier alpha value is -2.51. The van der Waals surface area contributed by atoms with Crippen molar-refractivity contribution in [1.29, 1.82) is 0 Å². The van der Waals surface area contributed by atoms with Crippen LogP contribution in [0.3, 0.4) is 0 Å². The van der Waals surface area contributed by atoms with Gasteiger partial charge in [0, 0.05) is 38.1 Å². The fraction of sp³-hybridized carbons (Fsp3) is 0.345. The number of benzene rings is 3. The molecule has 5 rings (SSSR count). The predicted octanol–water partition coefficient (Wildman–Crippen LogP) is 6.44. The molecule has 2 aliphatic heterocycles. The summed E-state index contributed by atoms with van der Waals surface area (Å²) in [5, 5.41) is 3.69. The minimum atomic E-state index is -0.262. The van der Waals surface area contributed by atoms with Gasteiger partial charge in [0.05, 0.1) is 22.3 Å². The van der Waals surface area contributed by atoms with Crippen LogP contribution in [0.5, 0.6) is 0 Å². The maximum Gasteiger partial charge on any atom is 0.238 e. The van der Waals surface area contributed by atoms with Gasteiger partial charge in [-0.1, -0.05) is 53.5 Å². The Labute approximate surface area is 226 Å². The molecule has 0 bridgehead atoms. The van der Waals surface area contributed by atoms with E-state index in [2.05, 4.69) is 15.1 Å². The van der Waals surface area contributed by atoms with Crippen molar-refractivity contribution in [3.05, 3.63) is 99.5 Å². The first-order chi connectivity index (χ1) is 17.9. The van der Waals surface area contributed by atoms with E-state index in [-0.39, 0.29) is 30.0 Å². The standard InChI is InChI=1S/C29H29Cl2F2N3O/c30-25-2-1-3-26(31)29(25)34-27(37)18-35-14-15-36-16-21(8-13-24(36)17-35)28(19-4-9-22(32)10-5-19)20-6-11-23(33)12-7-20/h1-7,9-12,21,24,28H,8,13-18H2,(H,34,37)/t21-,24+/m1/s1. The largest absolute Gasteiger partial charge is 0.322 e. The number of anilines is 1. The van der Waals surface area contributed by atoms with Crippen LogP contribution in [-0.2, 0) is 4.79 Å². The lowest BCUT2D eigenvalue weighted by atomic mass is 9.75. The Kier molecular flexibility index (Phi) is 8.10. The molecule has 37 heavy (non-hydrogen) atoms. The van der Waals surface area contributed by atoms with Gasteiger partial charge in [-0.2, -0.15) is 0 Å². The Morgan fingerprint density at radius 2 is 1.46 bits per heavy atom. The van der Waals surface area contributed by atoms with E-state index in [4.69, 9.17) is 23.2 Å². The van der Waals surface area contributed by atoms with E-state index in [0.29, 0.717) is 27.7 Å². The molecule has 2 heterocycles. The lowest BCUT2D eigenvalue weighted by molar-refractivity contribution is -0.118. The first kappa shape index (κ1) is 26.1. The van der Waals surface area contributed by atoms with Crippen LogP contribution >= 0.6 is 23.2 Å². The topological polar surface area (TPSA) is 35.6 Å². The highest BCUT2D eigenvalue weighted by atomic mass is 35.5. The molecule has 2 aliphatic rings. The number of para-hydroxylation sites is 1. The maximum atomic E-state index is 13.7. The summed E-state index contributed by atoms with van der Waals surface area (Å²) >= 11 is 12.4. The molecule has 0 unspecified atom stereocenters. The fourth-order valence-corrected chi connectivity index (χ4v) is 6.25. The van der Waals surface area contributed by atoms with Crippen molar-refractivity contribution in [3.63, 3.8) is 0 Å². The summed E-state index contributed by atoms with van der Waals surface area (Å²) in [7, 11) is 0. The first-order valence-electron chi connectivity index (χ1n) is 12.6. The highest BCUT2D eigenvalue weighted by Gasteiger charge is 2.37. The molecule has 0 spiro atoms. The lowest BCUT2D eigenvalue weighted by Crippen LogP contribution is -2.57. The van der Waals surface area contributed by atoms with Gasteiger partial charge in [-0.25, -0.2) is 8.78 Å². The van der Waals surface area contributed by atoms with E-state index >= 15 is 0 Å². The van der Waals surface area contributed by atoms with Crippen LogP contribution in [0.15, 0.2) is 66.7 Å². The number of nitrogens with one attached hydrogen (secondary N) is 1. The van der Waals surface area contributed by atoms with Crippen LogP contribution < -0.4 is 5.32 Å². The van der Waals surface area contributed by atoms with Gasteiger partial charge in [0.1, 0.15) is 11.6 Å². The Morgan fingerprint density at radius 1 is 0.865 bits per heavy atom. The summed E-state index contributed by atoms with van der Waals surface area (Å²) in [5.41, 5.74) is 2.54. The third kappa shape index (κ3) is 6.15. The molecule has 194 valence electrons. The molecule has 3 aromatic rings. The number of hydrogen-bond acceptors (Lipinski definition) is 3. The number of nitrogens with zero attached hydrogens (tertiary/aromatic N) is 2. The van der Waals surface area contributed by atoms with Gasteiger partial charge in [-0.3, -0.25) is 14.6 Å². The van der Waals surface area contributed by atoms with E-state index < -0.39 is 0 Å². The average molecular weight is 544 g/mol. The molecule has 8 heteroatoms. The third-order valence-electron chi connectivity index (χ3n) is 7.55. The van der Waals surface area contributed by atoms with Crippen LogP contribution in [0.2, 0.25) is 10.0 Å². The van der Waals surface area contributed by atoms with Crippen LogP contribution in [0.1, 0.15) is 29.9 Å². The molecule has 0 aromatic heterocycles. The van der Waals surface area contributed by atoms with Gasteiger partial charge in [0.2, 0.25) is 5.91 Å². The van der Waals surface area contributed by atoms with Gasteiger partial charge in [0.25, 0.3) is 0 Å². The van der Waals surface area contributed by atoms with E-state index in [0.717, 1.165) is 50.1 Å². The Bertz CT molecular complexity index is 1170. The first-order valence-corrected chi connectivity index (χ1v) is 13.3. The van der Waals surface area contributed by atoms with Crippen LogP contribution in [0, 0.1) is 17.6 Å². The number of carbonyl (C=O) groups excluding carboxylic acids is 1. The van der Waals surface area contributed by atoms with Crippen LogP contribution in [0.4, 0.5) is 14.5 Å². The van der Waals surface area contributed by atoms with E-state index in [1.807, 2.05) is 24.3 Å². The number of amides is 1. The second-order valence-corrected chi connectivity index (χ2v) is 10.8. The molecule has 2 atom stereocenters. The number of piperidine rings is 1. The minimum absolute atomic E-state index is 0.0614. The van der Waals surface area contributed by atoms with Crippen LogP contribution in [0.25, 0.3) is 0 Å². The predicted molar refractivity (Wildman–Crippen MR) is 144 cm³/mol. The highest BCUT2D eigenvalue weighted by molar-refractivity contribution is 6.39. The summed E-state index contributed by atoms with van der Waals surface area (Å²) in [6, 6.07) is 18.9. The molecular formula is C29H29Cl2F2N3O. The second kappa shape index (κ2) is 11.5.